The Morgan fingerprint density at radius 2 is 2.00 bits per heavy atom. The second-order valence-corrected chi connectivity index (χ2v) is 8.17. The van der Waals surface area contributed by atoms with E-state index in [2.05, 4.69) is 21.9 Å². The molecule has 0 spiro atoms. The summed E-state index contributed by atoms with van der Waals surface area (Å²) in [6, 6.07) is 8.20. The van der Waals surface area contributed by atoms with E-state index in [4.69, 9.17) is 0 Å². The van der Waals surface area contributed by atoms with E-state index in [9.17, 15) is 9.18 Å². The number of halogens is 1. The molecule has 1 N–H and O–H groups in total. The van der Waals surface area contributed by atoms with Crippen LogP contribution in [0.1, 0.15) is 29.0 Å². The molecule has 3 aromatic rings. The summed E-state index contributed by atoms with van der Waals surface area (Å²) in [7, 11) is 0. The minimum Gasteiger partial charge on any atom is -0.309 e. The maximum absolute atomic E-state index is 13.3. The molecule has 0 unspecified atom stereocenters. The molecule has 1 aliphatic rings. The fraction of sp³-hybridized carbons (Fsp3) is 0.222. The van der Waals surface area contributed by atoms with Crippen LogP contribution in [0.2, 0.25) is 0 Å². The Balaban J connectivity index is 1.90. The molecule has 0 radical (unpaired) electrons. The topological polar surface area (TPSA) is 46.9 Å². The highest BCUT2D eigenvalue weighted by atomic mass is 32.2. The van der Waals surface area contributed by atoms with Crippen LogP contribution in [0, 0.1) is 12.7 Å². The monoisotopic (exact) mass is 373 g/mol. The molecule has 2 atom stereocenters. The minimum atomic E-state index is -0.303. The third-order valence-electron chi connectivity index (χ3n) is 4.24. The first-order chi connectivity index (χ1) is 12.0. The summed E-state index contributed by atoms with van der Waals surface area (Å²) in [5, 5.41) is 11.6. The number of anilines is 1. The van der Waals surface area contributed by atoms with Crippen molar-refractivity contribution >= 4 is 34.8 Å². The SMILES string of the molecule is Cc1nn(-c2ccc(F)cc2)c2c1[C@@H](c1ccsc1)S[C@@H](C)C(=O)N2. The highest BCUT2D eigenvalue weighted by molar-refractivity contribution is 8.01. The van der Waals surface area contributed by atoms with E-state index in [1.165, 1.54) is 17.7 Å². The van der Waals surface area contributed by atoms with Gasteiger partial charge in [0.05, 0.1) is 21.9 Å². The number of benzene rings is 1. The number of thiophene rings is 1. The summed E-state index contributed by atoms with van der Waals surface area (Å²) in [6.45, 7) is 3.86. The molecular weight excluding hydrogens is 357 g/mol. The summed E-state index contributed by atoms with van der Waals surface area (Å²) in [5.74, 6) is 0.317. The summed E-state index contributed by atoms with van der Waals surface area (Å²) >= 11 is 3.26. The maximum atomic E-state index is 13.3. The van der Waals surface area contributed by atoms with Crippen molar-refractivity contribution in [2.45, 2.75) is 24.3 Å². The Morgan fingerprint density at radius 3 is 2.68 bits per heavy atom. The summed E-state index contributed by atoms with van der Waals surface area (Å²) in [5.41, 5.74) is 3.75. The van der Waals surface area contributed by atoms with Crippen LogP contribution in [0.3, 0.4) is 0 Å². The molecule has 0 fully saturated rings. The van der Waals surface area contributed by atoms with Crippen LogP contribution in [0.15, 0.2) is 41.1 Å². The number of amides is 1. The highest BCUT2D eigenvalue weighted by Gasteiger charge is 2.34. The van der Waals surface area contributed by atoms with Gasteiger partial charge in [0.25, 0.3) is 0 Å². The van der Waals surface area contributed by atoms with E-state index in [0.29, 0.717) is 5.82 Å². The number of aryl methyl sites for hydroxylation is 1. The van der Waals surface area contributed by atoms with Crippen molar-refractivity contribution in [3.8, 4) is 5.69 Å². The Labute approximate surface area is 153 Å². The second-order valence-electron chi connectivity index (χ2n) is 5.94. The van der Waals surface area contributed by atoms with Gasteiger partial charge in [0.15, 0.2) is 0 Å². The first-order valence-corrected chi connectivity index (χ1v) is 9.77. The van der Waals surface area contributed by atoms with Crippen molar-refractivity contribution in [1.29, 1.82) is 0 Å². The van der Waals surface area contributed by atoms with Crippen LogP contribution in [-0.2, 0) is 4.79 Å². The third-order valence-corrected chi connectivity index (χ3v) is 6.34. The molecule has 0 saturated heterocycles. The first-order valence-electron chi connectivity index (χ1n) is 7.88. The number of thioether (sulfide) groups is 1. The lowest BCUT2D eigenvalue weighted by atomic mass is 10.1. The van der Waals surface area contributed by atoms with Gasteiger partial charge in [-0.2, -0.15) is 16.4 Å². The van der Waals surface area contributed by atoms with Gasteiger partial charge in [-0.15, -0.1) is 11.8 Å². The van der Waals surface area contributed by atoms with Gasteiger partial charge in [-0.25, -0.2) is 9.07 Å². The van der Waals surface area contributed by atoms with Gasteiger partial charge in [-0.1, -0.05) is 0 Å². The Kier molecular flexibility index (Phi) is 4.13. The minimum absolute atomic E-state index is 0.0319. The predicted octanol–water partition coefficient (Wildman–Crippen LogP) is 4.54. The largest absolute Gasteiger partial charge is 0.309 e. The normalized spacial score (nSPS) is 20.0. The predicted molar refractivity (Wildman–Crippen MR) is 100 cm³/mol. The number of hydrogen-bond acceptors (Lipinski definition) is 4. The number of carbonyl (C=O) groups excluding carboxylic acids is 1. The second kappa shape index (κ2) is 6.31. The lowest BCUT2D eigenvalue weighted by Gasteiger charge is -2.15. The molecule has 25 heavy (non-hydrogen) atoms. The zero-order chi connectivity index (χ0) is 17.6. The van der Waals surface area contributed by atoms with Crippen molar-refractivity contribution in [3.63, 3.8) is 0 Å². The fourth-order valence-corrected chi connectivity index (χ4v) is 5.05. The third kappa shape index (κ3) is 2.87. The Hall–Kier alpha value is -2.12. The van der Waals surface area contributed by atoms with Crippen LogP contribution in [0.4, 0.5) is 10.2 Å². The first kappa shape index (κ1) is 16.4. The van der Waals surface area contributed by atoms with Crippen molar-refractivity contribution in [2.75, 3.05) is 5.32 Å². The zero-order valence-electron chi connectivity index (χ0n) is 13.7. The van der Waals surface area contributed by atoms with Gasteiger partial charge in [0.2, 0.25) is 5.91 Å². The lowest BCUT2D eigenvalue weighted by Crippen LogP contribution is -2.22. The van der Waals surface area contributed by atoms with Crippen molar-refractivity contribution in [3.05, 3.63) is 63.7 Å². The number of carbonyl (C=O) groups is 1. The van der Waals surface area contributed by atoms with Crippen LogP contribution >= 0.6 is 23.1 Å². The Bertz CT molecular complexity index is 919. The summed E-state index contributed by atoms with van der Waals surface area (Å²) in [6.07, 6.45) is 0. The van der Waals surface area contributed by atoms with Gasteiger partial charge in [-0.05, 0) is 60.5 Å². The van der Waals surface area contributed by atoms with E-state index in [1.807, 2.05) is 19.2 Å². The van der Waals surface area contributed by atoms with E-state index < -0.39 is 0 Å². The van der Waals surface area contributed by atoms with Gasteiger partial charge >= 0.3 is 0 Å². The van der Waals surface area contributed by atoms with E-state index >= 15 is 0 Å². The van der Waals surface area contributed by atoms with Crippen LogP contribution in [0.5, 0.6) is 0 Å². The van der Waals surface area contributed by atoms with Crippen LogP contribution in [-0.4, -0.2) is 20.9 Å². The molecule has 0 bridgehead atoms. The zero-order valence-corrected chi connectivity index (χ0v) is 15.3. The van der Waals surface area contributed by atoms with Crippen LogP contribution < -0.4 is 5.32 Å². The number of nitrogens with one attached hydrogen (secondary N) is 1. The molecule has 3 heterocycles. The Morgan fingerprint density at radius 1 is 1.24 bits per heavy atom. The summed E-state index contributed by atoms with van der Waals surface area (Å²) in [4.78, 5) is 12.5. The molecule has 7 heteroatoms. The summed E-state index contributed by atoms with van der Waals surface area (Å²) < 4.78 is 15.0. The molecule has 1 aromatic carbocycles. The van der Waals surface area contributed by atoms with Crippen molar-refractivity contribution < 1.29 is 9.18 Å². The molecule has 1 amide bonds. The number of fused-ring (bicyclic) bond motifs is 1. The van der Waals surface area contributed by atoms with Crippen LogP contribution in [0.25, 0.3) is 5.69 Å². The number of rotatable bonds is 2. The molecular formula is C18H16FN3OS2. The van der Waals surface area contributed by atoms with E-state index in [0.717, 1.165) is 16.9 Å². The highest BCUT2D eigenvalue weighted by Crippen LogP contribution is 2.46. The fourth-order valence-electron chi connectivity index (χ4n) is 2.96. The van der Waals surface area contributed by atoms with Gasteiger partial charge in [-0.3, -0.25) is 4.79 Å². The molecule has 0 aliphatic carbocycles. The van der Waals surface area contributed by atoms with Gasteiger partial charge in [0, 0.05) is 5.56 Å². The number of nitrogens with zero attached hydrogens (tertiary/aromatic N) is 2. The smallest absolute Gasteiger partial charge is 0.238 e. The standard InChI is InChI=1S/C18H16FN3OS2/c1-10-15-16(12-7-8-24-9-12)25-11(2)18(23)20-17(15)22(21-10)14-5-3-13(19)4-6-14/h3-9,11,16H,1-2H3,(H,20,23)/t11-,16+/m0/s1. The number of aromatic nitrogens is 2. The molecule has 4 rings (SSSR count). The van der Waals surface area contributed by atoms with Crippen molar-refractivity contribution in [1.82, 2.24) is 9.78 Å². The van der Waals surface area contributed by atoms with Gasteiger partial charge < -0.3 is 5.32 Å². The average Bonchev–Trinajstić information content (AvgIpc) is 3.19. The molecule has 4 nitrogen and oxygen atoms in total. The van der Waals surface area contributed by atoms with E-state index in [-0.39, 0.29) is 22.2 Å². The maximum Gasteiger partial charge on any atom is 0.238 e. The molecule has 128 valence electrons. The molecule has 1 aliphatic heterocycles. The van der Waals surface area contributed by atoms with Gasteiger partial charge in [0.1, 0.15) is 11.6 Å². The molecule has 0 saturated carbocycles. The molecule has 2 aromatic heterocycles. The van der Waals surface area contributed by atoms with Crippen molar-refractivity contribution in [2.24, 2.45) is 0 Å². The quantitative estimate of drug-likeness (QED) is 0.717. The number of hydrogen-bond donors (Lipinski definition) is 1. The lowest BCUT2D eigenvalue weighted by molar-refractivity contribution is -0.115. The average molecular weight is 373 g/mol. The van der Waals surface area contributed by atoms with E-state index in [1.54, 1.807) is 39.9 Å².